The van der Waals surface area contributed by atoms with Gasteiger partial charge in [0.2, 0.25) is 0 Å². The van der Waals surface area contributed by atoms with Gasteiger partial charge in [-0.1, -0.05) is 18.2 Å². The Hall–Kier alpha value is -0.980. The summed E-state index contributed by atoms with van der Waals surface area (Å²) in [5.74, 6) is 0.843. The van der Waals surface area contributed by atoms with Crippen molar-refractivity contribution in [2.24, 2.45) is 0 Å². The van der Waals surface area contributed by atoms with Crippen molar-refractivity contribution in [2.45, 2.75) is 13.8 Å². The third-order valence-corrected chi connectivity index (χ3v) is 0.955. The van der Waals surface area contributed by atoms with Crippen molar-refractivity contribution in [3.8, 4) is 0 Å². The molecule has 10 heavy (non-hydrogen) atoms. The van der Waals surface area contributed by atoms with Gasteiger partial charge in [-0.25, -0.2) is 0 Å². The van der Waals surface area contributed by atoms with Crippen LogP contribution in [-0.2, 0) is 4.74 Å². The van der Waals surface area contributed by atoms with Gasteiger partial charge in [0.1, 0.15) is 5.76 Å². The average molecular weight is 138 g/mol. The normalized spacial score (nSPS) is 12.1. The van der Waals surface area contributed by atoms with Crippen LogP contribution in [0, 0.1) is 0 Å². The summed E-state index contributed by atoms with van der Waals surface area (Å²) in [6.07, 6.45) is 5.72. The number of allylic oxidation sites excluding steroid dienone is 4. The van der Waals surface area contributed by atoms with E-state index < -0.39 is 0 Å². The third-order valence-electron chi connectivity index (χ3n) is 0.955. The van der Waals surface area contributed by atoms with Crippen LogP contribution in [0.4, 0.5) is 0 Å². The number of hydrogen-bond donors (Lipinski definition) is 0. The Bertz CT molecular complexity index is 164. The maximum absolute atomic E-state index is 5.02. The highest BCUT2D eigenvalue weighted by Crippen LogP contribution is 2.01. The molecule has 0 saturated carbocycles. The lowest BCUT2D eigenvalue weighted by Crippen LogP contribution is -1.81. The van der Waals surface area contributed by atoms with E-state index in [1.54, 1.807) is 7.11 Å². The van der Waals surface area contributed by atoms with Crippen molar-refractivity contribution in [2.75, 3.05) is 7.11 Å². The third kappa shape index (κ3) is 3.96. The molecular weight excluding hydrogens is 124 g/mol. The van der Waals surface area contributed by atoms with Crippen LogP contribution >= 0.6 is 0 Å². The molecule has 0 rings (SSSR count). The molecule has 0 spiro atoms. The summed E-state index contributed by atoms with van der Waals surface area (Å²) in [6.45, 7) is 7.62. The molecule has 0 aliphatic heterocycles. The molecule has 0 unspecified atom stereocenters. The average Bonchev–Trinajstić information content (AvgIpc) is 1.86. The molecule has 0 radical (unpaired) electrons. The molecule has 1 nitrogen and oxygen atoms in total. The van der Waals surface area contributed by atoms with Crippen molar-refractivity contribution < 1.29 is 4.74 Å². The van der Waals surface area contributed by atoms with Crippen molar-refractivity contribution >= 4 is 0 Å². The van der Waals surface area contributed by atoms with E-state index in [0.717, 1.165) is 11.3 Å². The van der Waals surface area contributed by atoms with Crippen LogP contribution in [0.5, 0.6) is 0 Å². The Morgan fingerprint density at radius 3 is 2.40 bits per heavy atom. The zero-order valence-corrected chi connectivity index (χ0v) is 6.85. The molecule has 0 fully saturated rings. The van der Waals surface area contributed by atoms with Crippen molar-refractivity contribution in [1.82, 2.24) is 0 Å². The van der Waals surface area contributed by atoms with Crippen LogP contribution in [0.1, 0.15) is 13.8 Å². The first-order valence-corrected chi connectivity index (χ1v) is 3.24. The summed E-state index contributed by atoms with van der Waals surface area (Å²) in [7, 11) is 1.65. The predicted molar refractivity (Wildman–Crippen MR) is 44.7 cm³/mol. The highest BCUT2D eigenvalue weighted by atomic mass is 16.5. The van der Waals surface area contributed by atoms with E-state index in [2.05, 4.69) is 6.58 Å². The Kier molecular flexibility index (Phi) is 4.38. The molecule has 0 aromatic heterocycles. The Labute approximate surface area is 62.7 Å². The Balaban J connectivity index is 4.18. The van der Waals surface area contributed by atoms with Gasteiger partial charge in [0.15, 0.2) is 0 Å². The van der Waals surface area contributed by atoms with E-state index in [0.29, 0.717) is 0 Å². The molecule has 0 aromatic carbocycles. The van der Waals surface area contributed by atoms with Crippen LogP contribution in [-0.4, -0.2) is 7.11 Å². The summed E-state index contributed by atoms with van der Waals surface area (Å²) < 4.78 is 5.02. The zero-order valence-electron chi connectivity index (χ0n) is 6.85. The van der Waals surface area contributed by atoms with Gasteiger partial charge in [-0.2, -0.15) is 0 Å². The molecule has 0 aliphatic rings. The van der Waals surface area contributed by atoms with Crippen LogP contribution in [0.15, 0.2) is 36.1 Å². The summed E-state index contributed by atoms with van der Waals surface area (Å²) in [6, 6.07) is 0. The summed E-state index contributed by atoms with van der Waals surface area (Å²) in [5.41, 5.74) is 0.995. The molecular formula is C9H14O. The minimum absolute atomic E-state index is 0.843. The molecule has 0 atom stereocenters. The largest absolute Gasteiger partial charge is 0.497 e. The second kappa shape index (κ2) is 4.86. The van der Waals surface area contributed by atoms with Gasteiger partial charge in [0, 0.05) is 0 Å². The Morgan fingerprint density at radius 1 is 1.50 bits per heavy atom. The van der Waals surface area contributed by atoms with E-state index in [4.69, 9.17) is 4.74 Å². The zero-order chi connectivity index (χ0) is 7.98. The SMILES string of the molecule is C=C(C)C=C(C=CC)OC. The number of methoxy groups -OCH3 is 1. The fraction of sp³-hybridized carbons (Fsp3) is 0.333. The molecule has 0 amide bonds. The quantitative estimate of drug-likeness (QED) is 0.430. The molecule has 0 aliphatic carbocycles. The van der Waals surface area contributed by atoms with Gasteiger partial charge in [0.05, 0.1) is 7.11 Å². The molecule has 56 valence electrons. The highest BCUT2D eigenvalue weighted by Gasteiger charge is 1.86. The van der Waals surface area contributed by atoms with Gasteiger partial charge >= 0.3 is 0 Å². The van der Waals surface area contributed by atoms with Gasteiger partial charge in [-0.15, -0.1) is 0 Å². The first-order valence-electron chi connectivity index (χ1n) is 3.24. The summed E-state index contributed by atoms with van der Waals surface area (Å²) in [5, 5.41) is 0. The second-order valence-corrected chi connectivity index (χ2v) is 2.10. The van der Waals surface area contributed by atoms with Crippen molar-refractivity contribution in [3.63, 3.8) is 0 Å². The maximum Gasteiger partial charge on any atom is 0.118 e. The minimum atomic E-state index is 0.843. The second-order valence-electron chi connectivity index (χ2n) is 2.10. The molecule has 0 N–H and O–H groups in total. The predicted octanol–water partition coefficient (Wildman–Crippen LogP) is 2.67. The number of rotatable bonds is 3. The number of ether oxygens (including phenoxy) is 1. The molecule has 0 heterocycles. The van der Waals surface area contributed by atoms with Crippen LogP contribution in [0.3, 0.4) is 0 Å². The van der Waals surface area contributed by atoms with Crippen molar-refractivity contribution in [1.29, 1.82) is 0 Å². The minimum Gasteiger partial charge on any atom is -0.497 e. The first-order chi connectivity index (χ1) is 4.70. The first kappa shape index (κ1) is 9.02. The van der Waals surface area contributed by atoms with Gasteiger partial charge in [0.25, 0.3) is 0 Å². The molecule has 1 heteroatoms. The monoisotopic (exact) mass is 138 g/mol. The fourth-order valence-electron chi connectivity index (χ4n) is 0.582. The van der Waals surface area contributed by atoms with E-state index >= 15 is 0 Å². The van der Waals surface area contributed by atoms with E-state index in [1.165, 1.54) is 0 Å². The summed E-state index contributed by atoms with van der Waals surface area (Å²) in [4.78, 5) is 0. The van der Waals surface area contributed by atoms with Gasteiger partial charge < -0.3 is 4.74 Å². The highest BCUT2D eigenvalue weighted by molar-refractivity contribution is 5.22. The lowest BCUT2D eigenvalue weighted by atomic mass is 10.3. The van der Waals surface area contributed by atoms with E-state index in [-0.39, 0.29) is 0 Å². The summed E-state index contributed by atoms with van der Waals surface area (Å²) >= 11 is 0. The number of hydrogen-bond acceptors (Lipinski definition) is 1. The Morgan fingerprint density at radius 2 is 2.10 bits per heavy atom. The lowest BCUT2D eigenvalue weighted by molar-refractivity contribution is 0.306. The maximum atomic E-state index is 5.02. The fourth-order valence-corrected chi connectivity index (χ4v) is 0.582. The standard InChI is InChI=1S/C9H14O/c1-5-6-9(10-4)7-8(2)3/h5-7H,2H2,1,3-4H3. The smallest absolute Gasteiger partial charge is 0.118 e. The lowest BCUT2D eigenvalue weighted by Gasteiger charge is -1.98. The van der Waals surface area contributed by atoms with E-state index in [9.17, 15) is 0 Å². The van der Waals surface area contributed by atoms with Gasteiger partial charge in [-0.3, -0.25) is 0 Å². The van der Waals surface area contributed by atoms with Crippen LogP contribution < -0.4 is 0 Å². The molecule has 0 bridgehead atoms. The van der Waals surface area contributed by atoms with Crippen LogP contribution in [0.2, 0.25) is 0 Å². The van der Waals surface area contributed by atoms with Crippen molar-refractivity contribution in [3.05, 3.63) is 36.1 Å². The van der Waals surface area contributed by atoms with Crippen LogP contribution in [0.25, 0.3) is 0 Å². The molecule has 0 saturated heterocycles. The molecule has 0 aromatic rings. The topological polar surface area (TPSA) is 9.23 Å². The van der Waals surface area contributed by atoms with E-state index in [1.807, 2.05) is 32.1 Å². The van der Waals surface area contributed by atoms with Gasteiger partial charge in [-0.05, 0) is 26.0 Å².